The van der Waals surface area contributed by atoms with Crippen molar-refractivity contribution in [1.29, 1.82) is 0 Å². The van der Waals surface area contributed by atoms with Gasteiger partial charge in [-0.05, 0) is 50.6 Å². The Balaban J connectivity index is 1.88. The molecule has 0 aliphatic carbocycles. The quantitative estimate of drug-likeness (QED) is 0.541. The Morgan fingerprint density at radius 3 is 2.17 bits per heavy atom. The van der Waals surface area contributed by atoms with E-state index in [0.717, 1.165) is 5.56 Å². The van der Waals surface area contributed by atoms with Crippen LogP contribution in [0.5, 0.6) is 5.75 Å². The average molecular weight is 421 g/mol. The second kappa shape index (κ2) is 9.53. The Kier molecular flexibility index (Phi) is 7.35. The largest absolute Gasteiger partial charge is 0.514 e. The third-order valence-electron chi connectivity index (χ3n) is 3.36. The standard InChI is InChI=1S/C20H23NO7S/c1-20(2,3)28-18(22)13-21-29(24,25)17-11-9-16(10-12-17)27-19(23)26-14-15-7-5-4-6-8-15/h4-12,21H,13-14H2,1-3H3. The first-order valence-electron chi connectivity index (χ1n) is 8.75. The molecule has 156 valence electrons. The third kappa shape index (κ3) is 7.92. The maximum absolute atomic E-state index is 12.2. The predicted molar refractivity (Wildman–Crippen MR) is 105 cm³/mol. The molecule has 2 aromatic rings. The highest BCUT2D eigenvalue weighted by Gasteiger charge is 2.20. The van der Waals surface area contributed by atoms with E-state index in [1.165, 1.54) is 24.3 Å². The van der Waals surface area contributed by atoms with E-state index >= 15 is 0 Å². The lowest BCUT2D eigenvalue weighted by atomic mass is 10.2. The first-order chi connectivity index (χ1) is 13.5. The van der Waals surface area contributed by atoms with Crippen molar-refractivity contribution in [2.45, 2.75) is 37.9 Å². The molecule has 0 unspecified atom stereocenters. The fourth-order valence-corrected chi connectivity index (χ4v) is 3.11. The van der Waals surface area contributed by atoms with Crippen molar-refractivity contribution in [3.8, 4) is 5.75 Å². The maximum atomic E-state index is 12.2. The summed E-state index contributed by atoms with van der Waals surface area (Å²) in [6.07, 6.45) is -0.910. The summed E-state index contributed by atoms with van der Waals surface area (Å²) in [6.45, 7) is 4.61. The summed E-state index contributed by atoms with van der Waals surface area (Å²) in [5.74, 6) is -0.573. The smallest absolute Gasteiger partial charge is 0.459 e. The monoisotopic (exact) mass is 421 g/mol. The average Bonchev–Trinajstić information content (AvgIpc) is 2.65. The molecule has 2 rings (SSSR count). The molecule has 0 atom stereocenters. The summed E-state index contributed by atoms with van der Waals surface area (Å²) in [4.78, 5) is 23.3. The van der Waals surface area contributed by atoms with E-state index in [1.807, 2.05) is 18.2 Å². The molecular weight excluding hydrogens is 398 g/mol. The van der Waals surface area contributed by atoms with Crippen LogP contribution in [-0.4, -0.2) is 32.7 Å². The van der Waals surface area contributed by atoms with E-state index in [1.54, 1.807) is 32.9 Å². The van der Waals surface area contributed by atoms with Gasteiger partial charge in [0, 0.05) is 0 Å². The molecule has 0 saturated heterocycles. The summed E-state index contributed by atoms with van der Waals surface area (Å²) in [7, 11) is -3.92. The highest BCUT2D eigenvalue weighted by molar-refractivity contribution is 7.89. The summed E-state index contributed by atoms with van der Waals surface area (Å²) >= 11 is 0. The van der Waals surface area contributed by atoms with Crippen molar-refractivity contribution in [3.05, 3.63) is 60.2 Å². The van der Waals surface area contributed by atoms with Crippen LogP contribution in [0.1, 0.15) is 26.3 Å². The number of benzene rings is 2. The van der Waals surface area contributed by atoms with Crippen LogP contribution in [0, 0.1) is 0 Å². The van der Waals surface area contributed by atoms with Crippen molar-refractivity contribution in [1.82, 2.24) is 4.72 Å². The molecule has 8 nitrogen and oxygen atoms in total. The minimum Gasteiger partial charge on any atom is -0.459 e. The molecule has 2 aromatic carbocycles. The number of carbonyl (C=O) groups is 2. The van der Waals surface area contributed by atoms with Crippen LogP contribution in [0.15, 0.2) is 59.5 Å². The van der Waals surface area contributed by atoms with Gasteiger partial charge in [-0.25, -0.2) is 13.2 Å². The minimum absolute atomic E-state index is 0.0563. The number of ether oxygens (including phenoxy) is 3. The zero-order valence-electron chi connectivity index (χ0n) is 16.4. The first-order valence-corrected chi connectivity index (χ1v) is 10.2. The van der Waals surface area contributed by atoms with Gasteiger partial charge in [0.1, 0.15) is 24.5 Å². The fraction of sp³-hybridized carbons (Fsp3) is 0.300. The van der Waals surface area contributed by atoms with Gasteiger partial charge < -0.3 is 14.2 Å². The molecule has 0 aliphatic rings. The lowest BCUT2D eigenvalue weighted by molar-refractivity contribution is -0.153. The van der Waals surface area contributed by atoms with Gasteiger partial charge in [0.05, 0.1) is 4.90 Å². The molecular formula is C20H23NO7S. The lowest BCUT2D eigenvalue weighted by Crippen LogP contribution is -2.34. The highest BCUT2D eigenvalue weighted by Crippen LogP contribution is 2.17. The van der Waals surface area contributed by atoms with Gasteiger partial charge in [0.15, 0.2) is 0 Å². The van der Waals surface area contributed by atoms with Gasteiger partial charge in [-0.1, -0.05) is 30.3 Å². The van der Waals surface area contributed by atoms with Crippen molar-refractivity contribution >= 4 is 22.1 Å². The minimum atomic E-state index is -3.92. The van der Waals surface area contributed by atoms with E-state index in [2.05, 4.69) is 4.72 Å². The van der Waals surface area contributed by atoms with Gasteiger partial charge >= 0.3 is 12.1 Å². The second-order valence-corrected chi connectivity index (χ2v) is 8.78. The van der Waals surface area contributed by atoms with Crippen LogP contribution in [0.4, 0.5) is 4.79 Å². The maximum Gasteiger partial charge on any atom is 0.514 e. The van der Waals surface area contributed by atoms with Crippen LogP contribution < -0.4 is 9.46 Å². The van der Waals surface area contributed by atoms with Crippen molar-refractivity contribution in [3.63, 3.8) is 0 Å². The van der Waals surface area contributed by atoms with Crippen molar-refractivity contribution < 1.29 is 32.2 Å². The Labute approximate surface area is 169 Å². The zero-order valence-corrected chi connectivity index (χ0v) is 17.2. The van der Waals surface area contributed by atoms with E-state index in [0.29, 0.717) is 0 Å². The van der Waals surface area contributed by atoms with Gasteiger partial charge in [0.2, 0.25) is 10.0 Å². The molecule has 29 heavy (non-hydrogen) atoms. The van der Waals surface area contributed by atoms with Gasteiger partial charge in [-0.3, -0.25) is 4.79 Å². The van der Waals surface area contributed by atoms with E-state index in [4.69, 9.17) is 14.2 Å². The SMILES string of the molecule is CC(C)(C)OC(=O)CNS(=O)(=O)c1ccc(OC(=O)OCc2ccccc2)cc1. The zero-order chi connectivity index (χ0) is 21.5. The number of hydrogen-bond donors (Lipinski definition) is 1. The van der Waals surface area contributed by atoms with Gasteiger partial charge in [0.25, 0.3) is 0 Å². The molecule has 0 heterocycles. The first kappa shape index (κ1) is 22.4. The number of sulfonamides is 1. The molecule has 0 aliphatic heterocycles. The fourth-order valence-electron chi connectivity index (χ4n) is 2.14. The Morgan fingerprint density at radius 2 is 1.59 bits per heavy atom. The van der Waals surface area contributed by atoms with Gasteiger partial charge in [-0.15, -0.1) is 0 Å². The summed E-state index contributed by atoms with van der Waals surface area (Å²) in [5.41, 5.74) is 0.0957. The molecule has 1 N–H and O–H groups in total. The number of esters is 1. The van der Waals surface area contributed by atoms with E-state index < -0.39 is 34.3 Å². The van der Waals surface area contributed by atoms with Crippen LogP contribution in [-0.2, 0) is 30.9 Å². The van der Waals surface area contributed by atoms with E-state index in [-0.39, 0.29) is 17.3 Å². The van der Waals surface area contributed by atoms with Crippen molar-refractivity contribution in [2.75, 3.05) is 6.54 Å². The van der Waals surface area contributed by atoms with Crippen molar-refractivity contribution in [2.24, 2.45) is 0 Å². The summed E-state index contributed by atoms with van der Waals surface area (Å²) < 4.78 is 41.7. The normalized spacial score (nSPS) is 11.6. The van der Waals surface area contributed by atoms with Crippen LogP contribution in [0.2, 0.25) is 0 Å². The topological polar surface area (TPSA) is 108 Å². The molecule has 0 amide bonds. The molecule has 0 spiro atoms. The molecule has 0 bridgehead atoms. The Morgan fingerprint density at radius 1 is 0.966 bits per heavy atom. The second-order valence-electron chi connectivity index (χ2n) is 7.01. The summed E-state index contributed by atoms with van der Waals surface area (Å²) in [5, 5.41) is 0. The molecule has 0 fully saturated rings. The molecule has 0 radical (unpaired) electrons. The van der Waals surface area contributed by atoms with Crippen LogP contribution in [0.25, 0.3) is 0 Å². The lowest BCUT2D eigenvalue weighted by Gasteiger charge is -2.19. The third-order valence-corrected chi connectivity index (χ3v) is 4.78. The number of rotatable bonds is 7. The highest BCUT2D eigenvalue weighted by atomic mass is 32.2. The van der Waals surface area contributed by atoms with Gasteiger partial charge in [-0.2, -0.15) is 4.72 Å². The predicted octanol–water partition coefficient (Wildman–Crippen LogP) is 3.02. The molecule has 0 aromatic heterocycles. The van der Waals surface area contributed by atoms with Crippen LogP contribution in [0.3, 0.4) is 0 Å². The van der Waals surface area contributed by atoms with Crippen LogP contribution >= 0.6 is 0 Å². The molecule has 9 heteroatoms. The molecule has 0 saturated carbocycles. The number of hydrogen-bond acceptors (Lipinski definition) is 7. The Bertz CT molecular complexity index is 933. The number of nitrogens with one attached hydrogen (secondary N) is 1. The van der Waals surface area contributed by atoms with E-state index in [9.17, 15) is 18.0 Å². The summed E-state index contributed by atoms with van der Waals surface area (Å²) in [6, 6.07) is 14.2. The Hall–Kier alpha value is -2.91. The number of carbonyl (C=O) groups excluding carboxylic acids is 2.